The van der Waals surface area contributed by atoms with Gasteiger partial charge >= 0.3 is 0 Å². The fourth-order valence-corrected chi connectivity index (χ4v) is 2.50. The van der Waals surface area contributed by atoms with Gasteiger partial charge in [-0.2, -0.15) is 5.10 Å². The fourth-order valence-electron chi connectivity index (χ4n) is 2.15. The van der Waals surface area contributed by atoms with Gasteiger partial charge in [-0.25, -0.2) is 4.98 Å². The summed E-state index contributed by atoms with van der Waals surface area (Å²) in [5.41, 5.74) is 2.61. The molecule has 0 bridgehead atoms. The lowest BCUT2D eigenvalue weighted by Crippen LogP contribution is -2.05. The van der Waals surface area contributed by atoms with Gasteiger partial charge in [0, 0.05) is 17.0 Å². The molecule has 2 aromatic heterocycles. The minimum Gasteiger partial charge on any atom is -0.497 e. The molecular formula is C15H13Cl2N3O. The number of ether oxygens (including phenoxy) is 1. The van der Waals surface area contributed by atoms with Gasteiger partial charge in [0.15, 0.2) is 0 Å². The highest BCUT2D eigenvalue weighted by Gasteiger charge is 2.10. The summed E-state index contributed by atoms with van der Waals surface area (Å²) in [6.07, 6.45) is 1.63. The molecular weight excluding hydrogens is 309 g/mol. The molecule has 21 heavy (non-hydrogen) atoms. The van der Waals surface area contributed by atoms with Crippen molar-refractivity contribution in [2.45, 2.75) is 13.5 Å². The van der Waals surface area contributed by atoms with Crippen molar-refractivity contribution in [1.29, 1.82) is 0 Å². The molecule has 3 aromatic rings. The number of aromatic nitrogens is 3. The van der Waals surface area contributed by atoms with Gasteiger partial charge in [-0.05, 0) is 25.1 Å². The Morgan fingerprint density at radius 1 is 1.24 bits per heavy atom. The van der Waals surface area contributed by atoms with Gasteiger partial charge in [-0.15, -0.1) is 0 Å². The van der Waals surface area contributed by atoms with Crippen LogP contribution in [0.4, 0.5) is 0 Å². The van der Waals surface area contributed by atoms with E-state index in [9.17, 15) is 0 Å². The van der Waals surface area contributed by atoms with Crippen LogP contribution in [0, 0.1) is 6.92 Å². The van der Waals surface area contributed by atoms with Crippen LogP contribution in [0.5, 0.6) is 5.75 Å². The maximum Gasteiger partial charge on any atom is 0.134 e. The molecule has 0 aliphatic heterocycles. The lowest BCUT2D eigenvalue weighted by Gasteiger charge is -2.09. The third kappa shape index (κ3) is 2.69. The molecule has 0 fully saturated rings. The second-order valence-corrected chi connectivity index (χ2v) is 5.50. The van der Waals surface area contributed by atoms with Crippen molar-refractivity contribution in [1.82, 2.24) is 14.8 Å². The zero-order valence-corrected chi connectivity index (χ0v) is 13.1. The summed E-state index contributed by atoms with van der Waals surface area (Å²) < 4.78 is 7.00. The van der Waals surface area contributed by atoms with Crippen LogP contribution in [0.2, 0.25) is 10.2 Å². The van der Waals surface area contributed by atoms with Gasteiger partial charge in [0.05, 0.1) is 36.1 Å². The van der Waals surface area contributed by atoms with Crippen LogP contribution in [-0.4, -0.2) is 21.9 Å². The minimum absolute atomic E-state index is 0.460. The Morgan fingerprint density at radius 2 is 2.05 bits per heavy atom. The molecule has 0 saturated heterocycles. The largest absolute Gasteiger partial charge is 0.497 e. The van der Waals surface area contributed by atoms with Crippen LogP contribution in [0.1, 0.15) is 11.3 Å². The first-order valence-corrected chi connectivity index (χ1v) is 7.15. The topological polar surface area (TPSA) is 39.9 Å². The molecule has 0 saturated carbocycles. The minimum atomic E-state index is 0.460. The monoisotopic (exact) mass is 321 g/mol. The number of rotatable bonds is 3. The van der Waals surface area contributed by atoms with Crippen molar-refractivity contribution in [2.24, 2.45) is 0 Å². The normalized spacial score (nSPS) is 11.0. The second-order valence-electron chi connectivity index (χ2n) is 4.73. The lowest BCUT2D eigenvalue weighted by atomic mass is 10.1. The van der Waals surface area contributed by atoms with E-state index < -0.39 is 0 Å². The number of hydrogen-bond acceptors (Lipinski definition) is 3. The SMILES string of the molecule is COc1ccc2cc(Cn3ncc(Cl)c3C)c(Cl)nc2c1. The van der Waals surface area contributed by atoms with Gasteiger partial charge in [-0.3, -0.25) is 4.68 Å². The molecule has 3 rings (SSSR count). The van der Waals surface area contributed by atoms with E-state index in [2.05, 4.69) is 10.1 Å². The molecule has 0 N–H and O–H groups in total. The van der Waals surface area contributed by atoms with E-state index in [-0.39, 0.29) is 0 Å². The van der Waals surface area contributed by atoms with Crippen LogP contribution >= 0.6 is 23.2 Å². The quantitative estimate of drug-likeness (QED) is 0.682. The van der Waals surface area contributed by atoms with E-state index in [0.717, 1.165) is 27.9 Å². The number of benzene rings is 1. The van der Waals surface area contributed by atoms with E-state index in [1.807, 2.05) is 31.2 Å². The molecule has 0 atom stereocenters. The van der Waals surface area contributed by atoms with Crippen molar-refractivity contribution in [3.63, 3.8) is 0 Å². The van der Waals surface area contributed by atoms with E-state index >= 15 is 0 Å². The van der Waals surface area contributed by atoms with E-state index in [4.69, 9.17) is 27.9 Å². The first-order chi connectivity index (χ1) is 10.1. The summed E-state index contributed by atoms with van der Waals surface area (Å²) in [7, 11) is 1.63. The Kier molecular flexibility index (Phi) is 3.74. The highest BCUT2D eigenvalue weighted by atomic mass is 35.5. The highest BCUT2D eigenvalue weighted by Crippen LogP contribution is 2.25. The summed E-state index contributed by atoms with van der Waals surface area (Å²) in [4.78, 5) is 4.43. The maximum atomic E-state index is 6.28. The Morgan fingerprint density at radius 3 is 2.71 bits per heavy atom. The van der Waals surface area contributed by atoms with Gasteiger partial charge in [0.1, 0.15) is 10.9 Å². The Labute approximate surface area is 132 Å². The second kappa shape index (κ2) is 5.54. The van der Waals surface area contributed by atoms with E-state index in [0.29, 0.717) is 16.7 Å². The van der Waals surface area contributed by atoms with Crippen molar-refractivity contribution in [3.05, 3.63) is 51.9 Å². The van der Waals surface area contributed by atoms with Crippen LogP contribution in [0.3, 0.4) is 0 Å². The summed E-state index contributed by atoms with van der Waals surface area (Å²) in [6, 6.07) is 7.74. The number of halogens is 2. The van der Waals surface area contributed by atoms with Crippen LogP contribution in [-0.2, 0) is 6.54 Å². The third-order valence-electron chi connectivity index (χ3n) is 3.41. The maximum absolute atomic E-state index is 6.28. The van der Waals surface area contributed by atoms with Gasteiger partial charge in [0.25, 0.3) is 0 Å². The summed E-state index contributed by atoms with van der Waals surface area (Å²) in [5.74, 6) is 0.758. The van der Waals surface area contributed by atoms with Crippen molar-refractivity contribution in [2.75, 3.05) is 7.11 Å². The van der Waals surface area contributed by atoms with Gasteiger partial charge < -0.3 is 4.74 Å². The smallest absolute Gasteiger partial charge is 0.134 e. The predicted octanol–water partition coefficient (Wildman–Crippen LogP) is 4.10. The molecule has 0 aliphatic carbocycles. The van der Waals surface area contributed by atoms with Gasteiger partial charge in [0.2, 0.25) is 0 Å². The Bertz CT molecular complexity index is 814. The average molecular weight is 322 g/mol. The molecule has 0 spiro atoms. The molecule has 0 amide bonds. The molecule has 0 radical (unpaired) electrons. The molecule has 1 aromatic carbocycles. The average Bonchev–Trinajstić information content (AvgIpc) is 2.79. The van der Waals surface area contributed by atoms with Crippen molar-refractivity contribution < 1.29 is 4.74 Å². The van der Waals surface area contributed by atoms with E-state index in [1.54, 1.807) is 18.0 Å². The molecule has 6 heteroatoms. The zero-order chi connectivity index (χ0) is 15.0. The lowest BCUT2D eigenvalue weighted by molar-refractivity contribution is 0.415. The molecule has 2 heterocycles. The number of nitrogens with zero attached hydrogens (tertiary/aromatic N) is 3. The molecule has 4 nitrogen and oxygen atoms in total. The number of pyridine rings is 1. The molecule has 108 valence electrons. The van der Waals surface area contributed by atoms with E-state index in [1.165, 1.54) is 0 Å². The van der Waals surface area contributed by atoms with Crippen LogP contribution in [0.25, 0.3) is 10.9 Å². The summed E-state index contributed by atoms with van der Waals surface area (Å²) in [6.45, 7) is 2.45. The Balaban J connectivity index is 2.03. The van der Waals surface area contributed by atoms with Crippen molar-refractivity contribution >= 4 is 34.1 Å². The van der Waals surface area contributed by atoms with Gasteiger partial charge in [-0.1, -0.05) is 23.2 Å². The predicted molar refractivity (Wildman–Crippen MR) is 84.4 cm³/mol. The summed E-state index contributed by atoms with van der Waals surface area (Å²) >= 11 is 12.3. The Hall–Kier alpha value is -1.78. The number of methoxy groups -OCH3 is 1. The fraction of sp³-hybridized carbons (Fsp3) is 0.200. The number of hydrogen-bond donors (Lipinski definition) is 0. The van der Waals surface area contributed by atoms with Crippen molar-refractivity contribution in [3.8, 4) is 5.75 Å². The molecule has 0 aliphatic rings. The third-order valence-corrected chi connectivity index (χ3v) is 4.11. The first-order valence-electron chi connectivity index (χ1n) is 6.39. The zero-order valence-electron chi connectivity index (χ0n) is 11.6. The standard InChI is InChI=1S/C15H13Cl2N3O/c1-9-13(16)7-18-20(9)8-11-5-10-3-4-12(21-2)6-14(10)19-15(11)17/h3-7H,8H2,1-2H3. The number of fused-ring (bicyclic) bond motifs is 1. The van der Waals surface area contributed by atoms with Crippen LogP contribution < -0.4 is 4.74 Å². The molecule has 0 unspecified atom stereocenters. The van der Waals surface area contributed by atoms with Crippen LogP contribution in [0.15, 0.2) is 30.5 Å². The highest BCUT2D eigenvalue weighted by molar-refractivity contribution is 6.31. The summed E-state index contributed by atoms with van der Waals surface area (Å²) in [5, 5.41) is 6.35. The first kappa shape index (κ1) is 14.2.